The number of rotatable bonds is 8. The van der Waals surface area contributed by atoms with Crippen molar-refractivity contribution in [1.29, 1.82) is 0 Å². The fraction of sp³-hybridized carbons (Fsp3) is 1.00. The van der Waals surface area contributed by atoms with E-state index in [0.29, 0.717) is 0 Å². The third-order valence-corrected chi connectivity index (χ3v) is 3.92. The van der Waals surface area contributed by atoms with E-state index >= 15 is 0 Å². The Morgan fingerprint density at radius 3 is 2.38 bits per heavy atom. The van der Waals surface area contributed by atoms with E-state index in [2.05, 4.69) is 26.1 Å². The first-order valence-electron chi connectivity index (χ1n) is 7.45. The topological polar surface area (TPSA) is 12.0 Å². The fourth-order valence-corrected chi connectivity index (χ4v) is 3.01. The fourth-order valence-electron chi connectivity index (χ4n) is 3.01. The van der Waals surface area contributed by atoms with Crippen molar-refractivity contribution in [3.05, 3.63) is 0 Å². The SMILES string of the molecule is CCNC(CCCC(C)C)CC1CCCC1. The summed E-state index contributed by atoms with van der Waals surface area (Å²) in [7, 11) is 0. The van der Waals surface area contributed by atoms with E-state index in [1.54, 1.807) is 0 Å². The van der Waals surface area contributed by atoms with E-state index in [9.17, 15) is 0 Å². The standard InChI is InChI=1S/C15H31N/c1-4-16-15(11-7-8-13(2)3)12-14-9-5-6-10-14/h13-16H,4-12H2,1-3H3. The average molecular weight is 225 g/mol. The summed E-state index contributed by atoms with van der Waals surface area (Å²) in [6.07, 6.45) is 11.6. The Labute approximate surface area is 102 Å². The van der Waals surface area contributed by atoms with Crippen molar-refractivity contribution in [1.82, 2.24) is 5.32 Å². The minimum atomic E-state index is 0.798. The maximum atomic E-state index is 3.68. The third-order valence-electron chi connectivity index (χ3n) is 3.92. The van der Waals surface area contributed by atoms with Crippen LogP contribution in [0.3, 0.4) is 0 Å². The van der Waals surface area contributed by atoms with Crippen LogP contribution in [0, 0.1) is 11.8 Å². The predicted molar refractivity (Wildman–Crippen MR) is 72.7 cm³/mol. The average Bonchev–Trinajstić information content (AvgIpc) is 2.70. The van der Waals surface area contributed by atoms with Gasteiger partial charge in [0.1, 0.15) is 0 Å². The lowest BCUT2D eigenvalue weighted by atomic mass is 9.94. The highest BCUT2D eigenvalue weighted by Crippen LogP contribution is 2.29. The Morgan fingerprint density at radius 2 is 1.81 bits per heavy atom. The molecular weight excluding hydrogens is 194 g/mol. The molecule has 1 unspecified atom stereocenters. The Balaban J connectivity index is 2.17. The highest BCUT2D eigenvalue weighted by atomic mass is 14.9. The zero-order valence-corrected chi connectivity index (χ0v) is 11.6. The van der Waals surface area contributed by atoms with Crippen molar-refractivity contribution in [3.63, 3.8) is 0 Å². The molecule has 0 aliphatic heterocycles. The second-order valence-electron chi connectivity index (χ2n) is 5.97. The molecule has 0 amide bonds. The maximum Gasteiger partial charge on any atom is 0.00695 e. The molecule has 1 heteroatoms. The maximum absolute atomic E-state index is 3.68. The summed E-state index contributed by atoms with van der Waals surface area (Å²) in [5, 5.41) is 3.68. The summed E-state index contributed by atoms with van der Waals surface area (Å²) in [6.45, 7) is 8.04. The van der Waals surface area contributed by atoms with Gasteiger partial charge in [-0.15, -0.1) is 0 Å². The van der Waals surface area contributed by atoms with Crippen molar-refractivity contribution in [2.75, 3.05) is 6.54 Å². The van der Waals surface area contributed by atoms with Crippen molar-refractivity contribution in [3.8, 4) is 0 Å². The zero-order valence-electron chi connectivity index (χ0n) is 11.6. The van der Waals surface area contributed by atoms with Crippen molar-refractivity contribution in [2.24, 2.45) is 11.8 Å². The molecule has 0 spiro atoms. The smallest absolute Gasteiger partial charge is 0.00695 e. The van der Waals surface area contributed by atoms with Gasteiger partial charge in [0, 0.05) is 6.04 Å². The summed E-state index contributed by atoms with van der Waals surface area (Å²) in [5.74, 6) is 1.90. The predicted octanol–water partition coefficient (Wildman–Crippen LogP) is 4.37. The van der Waals surface area contributed by atoms with E-state index in [1.165, 1.54) is 51.4 Å². The summed E-state index contributed by atoms with van der Waals surface area (Å²) in [6, 6.07) is 0.798. The molecule has 1 saturated carbocycles. The molecule has 1 aliphatic rings. The van der Waals surface area contributed by atoms with Gasteiger partial charge in [-0.3, -0.25) is 0 Å². The number of nitrogens with one attached hydrogen (secondary N) is 1. The lowest BCUT2D eigenvalue weighted by molar-refractivity contribution is 0.360. The monoisotopic (exact) mass is 225 g/mol. The number of hydrogen-bond acceptors (Lipinski definition) is 1. The Morgan fingerprint density at radius 1 is 1.12 bits per heavy atom. The molecule has 0 aromatic carbocycles. The van der Waals surface area contributed by atoms with E-state index in [1.807, 2.05) is 0 Å². The first-order valence-corrected chi connectivity index (χ1v) is 7.45. The Bertz CT molecular complexity index is 159. The summed E-state index contributed by atoms with van der Waals surface area (Å²) >= 11 is 0. The van der Waals surface area contributed by atoms with Crippen molar-refractivity contribution in [2.45, 2.75) is 78.2 Å². The molecule has 1 fully saturated rings. The van der Waals surface area contributed by atoms with Crippen LogP contribution in [0.2, 0.25) is 0 Å². The minimum Gasteiger partial charge on any atom is -0.314 e. The Hall–Kier alpha value is -0.0400. The molecule has 1 aliphatic carbocycles. The van der Waals surface area contributed by atoms with Crippen molar-refractivity contribution >= 4 is 0 Å². The lowest BCUT2D eigenvalue weighted by Crippen LogP contribution is -2.30. The molecule has 0 aromatic heterocycles. The molecule has 0 aromatic rings. The van der Waals surface area contributed by atoms with Crippen LogP contribution in [0.1, 0.15) is 72.1 Å². The molecular formula is C15H31N. The van der Waals surface area contributed by atoms with Crippen LogP contribution >= 0.6 is 0 Å². The largest absolute Gasteiger partial charge is 0.314 e. The normalized spacial score (nSPS) is 19.5. The van der Waals surface area contributed by atoms with E-state index in [4.69, 9.17) is 0 Å². The van der Waals surface area contributed by atoms with Crippen LogP contribution in [-0.2, 0) is 0 Å². The van der Waals surface area contributed by atoms with Crippen LogP contribution < -0.4 is 5.32 Å². The second kappa shape index (κ2) is 8.11. The first-order chi connectivity index (χ1) is 7.72. The van der Waals surface area contributed by atoms with Crippen molar-refractivity contribution < 1.29 is 0 Å². The van der Waals surface area contributed by atoms with E-state index < -0.39 is 0 Å². The van der Waals surface area contributed by atoms with Gasteiger partial charge in [0.25, 0.3) is 0 Å². The summed E-state index contributed by atoms with van der Waals surface area (Å²) in [4.78, 5) is 0. The van der Waals surface area contributed by atoms with Gasteiger partial charge in [-0.1, -0.05) is 59.3 Å². The van der Waals surface area contributed by atoms with Crippen LogP contribution in [0.25, 0.3) is 0 Å². The lowest BCUT2D eigenvalue weighted by Gasteiger charge is -2.21. The van der Waals surface area contributed by atoms with Crippen LogP contribution in [-0.4, -0.2) is 12.6 Å². The summed E-state index contributed by atoms with van der Waals surface area (Å²) < 4.78 is 0. The molecule has 0 saturated heterocycles. The van der Waals surface area contributed by atoms with Gasteiger partial charge in [-0.2, -0.15) is 0 Å². The van der Waals surface area contributed by atoms with Crippen LogP contribution in [0.5, 0.6) is 0 Å². The molecule has 16 heavy (non-hydrogen) atoms. The van der Waals surface area contributed by atoms with Crippen LogP contribution in [0.15, 0.2) is 0 Å². The van der Waals surface area contributed by atoms with Crippen LogP contribution in [0.4, 0.5) is 0 Å². The quantitative estimate of drug-likeness (QED) is 0.647. The molecule has 96 valence electrons. The highest BCUT2D eigenvalue weighted by molar-refractivity contribution is 4.75. The minimum absolute atomic E-state index is 0.798. The van der Waals surface area contributed by atoms with Gasteiger partial charge >= 0.3 is 0 Å². The van der Waals surface area contributed by atoms with Gasteiger partial charge in [0.05, 0.1) is 0 Å². The molecule has 1 rings (SSSR count). The summed E-state index contributed by atoms with van der Waals surface area (Å²) in [5.41, 5.74) is 0. The third kappa shape index (κ3) is 5.89. The molecule has 1 nitrogen and oxygen atoms in total. The Kier molecular flexibility index (Phi) is 7.11. The molecule has 0 radical (unpaired) electrons. The molecule has 0 bridgehead atoms. The highest BCUT2D eigenvalue weighted by Gasteiger charge is 2.19. The molecule has 1 atom stereocenters. The molecule has 0 heterocycles. The van der Waals surface area contributed by atoms with E-state index in [-0.39, 0.29) is 0 Å². The second-order valence-corrected chi connectivity index (χ2v) is 5.97. The zero-order chi connectivity index (χ0) is 11.8. The van der Waals surface area contributed by atoms with Gasteiger partial charge in [0.15, 0.2) is 0 Å². The van der Waals surface area contributed by atoms with Gasteiger partial charge in [-0.05, 0) is 31.2 Å². The first kappa shape index (κ1) is 14.0. The molecule has 1 N–H and O–H groups in total. The van der Waals surface area contributed by atoms with E-state index in [0.717, 1.165) is 24.4 Å². The van der Waals surface area contributed by atoms with Gasteiger partial charge in [0.2, 0.25) is 0 Å². The number of hydrogen-bond donors (Lipinski definition) is 1. The van der Waals surface area contributed by atoms with Gasteiger partial charge < -0.3 is 5.32 Å². The van der Waals surface area contributed by atoms with Gasteiger partial charge in [-0.25, -0.2) is 0 Å².